The Morgan fingerprint density at radius 2 is 1.93 bits per heavy atom. The van der Waals surface area contributed by atoms with Crippen LogP contribution in [0, 0.1) is 7.05 Å². The summed E-state index contributed by atoms with van der Waals surface area (Å²) in [5.41, 5.74) is 3.11. The van der Waals surface area contributed by atoms with E-state index < -0.39 is 0 Å². The second kappa shape index (κ2) is 3.53. The summed E-state index contributed by atoms with van der Waals surface area (Å²) in [6.45, 7) is 2.06. The zero-order chi connectivity index (χ0) is 10.3. The third-order valence-electron chi connectivity index (χ3n) is 3.62. The summed E-state index contributed by atoms with van der Waals surface area (Å²) >= 11 is 2.11. The molecule has 1 saturated heterocycles. The van der Waals surface area contributed by atoms with E-state index in [0.29, 0.717) is 4.75 Å². The van der Waals surface area contributed by atoms with Gasteiger partial charge in [-0.1, -0.05) is 24.3 Å². The Kier molecular flexibility index (Phi) is 2.29. The van der Waals surface area contributed by atoms with Gasteiger partial charge in [-0.25, -0.2) is 0 Å². The Balaban J connectivity index is 1.95. The van der Waals surface area contributed by atoms with Crippen molar-refractivity contribution in [1.29, 1.82) is 0 Å². The second-order valence-corrected chi connectivity index (χ2v) is 5.83. The Labute approximate surface area is 95.9 Å². The maximum atomic E-state index is 5.83. The molecular formula is C13H15NS. The first-order valence-electron chi connectivity index (χ1n) is 5.52. The Bertz CT molecular complexity index is 367. The summed E-state index contributed by atoms with van der Waals surface area (Å²) in [4.78, 5) is 1.95. The van der Waals surface area contributed by atoms with Crippen LogP contribution < -0.4 is 0 Å². The molecule has 2 aliphatic rings. The summed E-state index contributed by atoms with van der Waals surface area (Å²) in [5, 5.41) is 0. The van der Waals surface area contributed by atoms with Crippen molar-refractivity contribution in [1.82, 2.24) is 4.90 Å². The third-order valence-corrected chi connectivity index (χ3v) is 5.25. The average Bonchev–Trinajstić information content (AvgIpc) is 2.63. The lowest BCUT2D eigenvalue weighted by atomic mass is 9.86. The van der Waals surface area contributed by atoms with E-state index in [4.69, 9.17) is 7.05 Å². The van der Waals surface area contributed by atoms with Crippen LogP contribution in [0.1, 0.15) is 24.0 Å². The standard InChI is InChI=1S/C13H15NS/c1-14-8-6-13(7-9-14)12-5-3-2-4-11(12)10-15-13/h1-5H,6-10H2. The van der Waals surface area contributed by atoms with Crippen molar-refractivity contribution in [2.24, 2.45) is 0 Å². The number of piperidine rings is 1. The predicted molar refractivity (Wildman–Crippen MR) is 64.5 cm³/mol. The van der Waals surface area contributed by atoms with E-state index in [1.165, 1.54) is 24.2 Å². The lowest BCUT2D eigenvalue weighted by molar-refractivity contribution is 0.264. The second-order valence-electron chi connectivity index (χ2n) is 4.48. The van der Waals surface area contributed by atoms with Crippen LogP contribution in [-0.2, 0) is 10.5 Å². The number of nitrogens with zero attached hydrogens (tertiary/aromatic N) is 1. The van der Waals surface area contributed by atoms with Crippen LogP contribution in [0.4, 0.5) is 0 Å². The summed E-state index contributed by atoms with van der Waals surface area (Å²) < 4.78 is 0.381. The van der Waals surface area contributed by atoms with Gasteiger partial charge in [-0.05, 0) is 24.0 Å². The number of likely N-dealkylation sites (tertiary alicyclic amines) is 1. The molecule has 1 aromatic carbocycles. The molecule has 1 aromatic rings. The van der Waals surface area contributed by atoms with Gasteiger partial charge in [0.05, 0.1) is 0 Å². The average molecular weight is 217 g/mol. The van der Waals surface area contributed by atoms with Crippen LogP contribution in [0.5, 0.6) is 0 Å². The van der Waals surface area contributed by atoms with Crippen LogP contribution in [0.15, 0.2) is 24.3 Å². The Morgan fingerprint density at radius 1 is 1.20 bits per heavy atom. The van der Waals surface area contributed by atoms with Gasteiger partial charge in [-0.15, -0.1) is 11.8 Å². The molecule has 0 saturated carbocycles. The Morgan fingerprint density at radius 3 is 2.73 bits per heavy atom. The van der Waals surface area contributed by atoms with Crippen molar-refractivity contribution < 1.29 is 0 Å². The fraction of sp³-hybridized carbons (Fsp3) is 0.462. The van der Waals surface area contributed by atoms with E-state index in [2.05, 4.69) is 36.0 Å². The minimum Gasteiger partial charge on any atom is -0.297 e. The molecule has 0 unspecified atom stereocenters. The van der Waals surface area contributed by atoms with Gasteiger partial charge in [0.2, 0.25) is 0 Å². The maximum absolute atomic E-state index is 5.83. The summed E-state index contributed by atoms with van der Waals surface area (Å²) in [5.74, 6) is 1.18. The van der Waals surface area contributed by atoms with Gasteiger partial charge in [-0.2, -0.15) is 0 Å². The van der Waals surface area contributed by atoms with Crippen LogP contribution in [0.2, 0.25) is 0 Å². The minimum atomic E-state index is 0.381. The molecular weight excluding hydrogens is 202 g/mol. The molecule has 2 radical (unpaired) electrons. The van der Waals surface area contributed by atoms with E-state index in [0.717, 1.165) is 13.1 Å². The van der Waals surface area contributed by atoms with Crippen LogP contribution >= 0.6 is 11.8 Å². The van der Waals surface area contributed by atoms with Gasteiger partial charge in [0, 0.05) is 30.6 Å². The fourth-order valence-electron chi connectivity index (χ4n) is 2.68. The highest BCUT2D eigenvalue weighted by Gasteiger charge is 2.40. The number of hydrogen-bond donors (Lipinski definition) is 0. The number of benzene rings is 1. The topological polar surface area (TPSA) is 3.24 Å². The van der Waals surface area contributed by atoms with Gasteiger partial charge < -0.3 is 0 Å². The molecule has 0 bridgehead atoms. The summed E-state index contributed by atoms with van der Waals surface area (Å²) in [6.07, 6.45) is 2.40. The molecule has 1 fully saturated rings. The normalized spacial score (nSPS) is 24.3. The molecule has 0 aliphatic carbocycles. The van der Waals surface area contributed by atoms with E-state index in [1.807, 2.05) is 4.90 Å². The first-order valence-corrected chi connectivity index (χ1v) is 6.51. The van der Waals surface area contributed by atoms with Crippen molar-refractivity contribution in [3.05, 3.63) is 42.4 Å². The first kappa shape index (κ1) is 9.73. The molecule has 2 heteroatoms. The molecule has 1 spiro atoms. The molecule has 0 aromatic heterocycles. The van der Waals surface area contributed by atoms with Gasteiger partial charge >= 0.3 is 0 Å². The molecule has 78 valence electrons. The number of rotatable bonds is 0. The summed E-state index contributed by atoms with van der Waals surface area (Å²) in [7, 11) is 5.83. The van der Waals surface area contributed by atoms with E-state index in [-0.39, 0.29) is 0 Å². The maximum Gasteiger partial charge on any atom is 0.0439 e. The van der Waals surface area contributed by atoms with E-state index in [9.17, 15) is 0 Å². The van der Waals surface area contributed by atoms with Crippen molar-refractivity contribution >= 4 is 11.8 Å². The van der Waals surface area contributed by atoms with Gasteiger partial charge in [-0.3, -0.25) is 4.90 Å². The highest BCUT2D eigenvalue weighted by Crippen LogP contribution is 2.52. The van der Waals surface area contributed by atoms with Gasteiger partial charge in [0.15, 0.2) is 0 Å². The fourth-order valence-corrected chi connectivity index (χ4v) is 4.19. The molecule has 15 heavy (non-hydrogen) atoms. The molecule has 2 heterocycles. The van der Waals surface area contributed by atoms with E-state index in [1.54, 1.807) is 5.56 Å². The first-order chi connectivity index (χ1) is 7.30. The van der Waals surface area contributed by atoms with Gasteiger partial charge in [0.1, 0.15) is 0 Å². The lowest BCUT2D eigenvalue weighted by Gasteiger charge is -2.37. The zero-order valence-electron chi connectivity index (χ0n) is 8.78. The van der Waals surface area contributed by atoms with Crippen molar-refractivity contribution in [3.8, 4) is 0 Å². The number of fused-ring (bicyclic) bond motifs is 2. The highest BCUT2D eigenvalue weighted by atomic mass is 32.2. The van der Waals surface area contributed by atoms with Crippen LogP contribution in [-0.4, -0.2) is 18.0 Å². The molecule has 2 aliphatic heterocycles. The SMILES string of the molecule is [CH]N1CCC2(CC1)SCc1ccccc12. The minimum absolute atomic E-state index is 0.381. The Hall–Kier alpha value is -0.470. The molecule has 1 nitrogen and oxygen atoms in total. The highest BCUT2D eigenvalue weighted by molar-refractivity contribution is 7.99. The summed E-state index contributed by atoms with van der Waals surface area (Å²) in [6, 6.07) is 8.89. The molecule has 0 amide bonds. The molecule has 3 rings (SSSR count). The van der Waals surface area contributed by atoms with Crippen molar-refractivity contribution in [2.45, 2.75) is 23.3 Å². The monoisotopic (exact) mass is 217 g/mol. The van der Waals surface area contributed by atoms with Crippen molar-refractivity contribution in [2.75, 3.05) is 13.1 Å². The quantitative estimate of drug-likeness (QED) is 0.657. The van der Waals surface area contributed by atoms with E-state index >= 15 is 0 Å². The third kappa shape index (κ3) is 1.51. The largest absolute Gasteiger partial charge is 0.297 e. The van der Waals surface area contributed by atoms with Crippen LogP contribution in [0.25, 0.3) is 0 Å². The predicted octanol–water partition coefficient (Wildman–Crippen LogP) is 2.89. The van der Waals surface area contributed by atoms with Crippen LogP contribution in [0.3, 0.4) is 0 Å². The smallest absolute Gasteiger partial charge is 0.0439 e. The molecule has 0 N–H and O–H groups in total. The van der Waals surface area contributed by atoms with Gasteiger partial charge in [0.25, 0.3) is 0 Å². The van der Waals surface area contributed by atoms with Crippen molar-refractivity contribution in [3.63, 3.8) is 0 Å². The number of thioether (sulfide) groups is 1. The zero-order valence-corrected chi connectivity index (χ0v) is 9.59. The lowest BCUT2D eigenvalue weighted by Crippen LogP contribution is -2.36. The number of hydrogen-bond acceptors (Lipinski definition) is 2. The molecule has 0 atom stereocenters.